The van der Waals surface area contributed by atoms with Gasteiger partial charge in [0.1, 0.15) is 0 Å². The second-order valence-electron chi connectivity index (χ2n) is 7.40. The molecular formula is C21H27N3O4S. The lowest BCUT2D eigenvalue weighted by molar-refractivity contribution is -0.384. The highest BCUT2D eigenvalue weighted by Gasteiger charge is 2.27. The van der Waals surface area contributed by atoms with Gasteiger partial charge in [-0.25, -0.2) is 8.42 Å². The zero-order valence-electron chi connectivity index (χ0n) is 16.7. The summed E-state index contributed by atoms with van der Waals surface area (Å²) in [6, 6.07) is 14.2. The summed E-state index contributed by atoms with van der Waals surface area (Å²) >= 11 is 0. The quantitative estimate of drug-likeness (QED) is 0.362. The molecule has 1 atom stereocenters. The molecule has 0 saturated carbocycles. The van der Waals surface area contributed by atoms with Crippen LogP contribution in [0.2, 0.25) is 0 Å². The fraction of sp³-hybridized carbons (Fsp3) is 0.333. The number of nitro benzene ring substituents is 1. The van der Waals surface area contributed by atoms with Crippen LogP contribution in [0.3, 0.4) is 0 Å². The first-order valence-electron chi connectivity index (χ1n) is 9.33. The summed E-state index contributed by atoms with van der Waals surface area (Å²) in [7, 11) is -3.85. The summed E-state index contributed by atoms with van der Waals surface area (Å²) in [6.07, 6.45) is 0.562. The van der Waals surface area contributed by atoms with Gasteiger partial charge in [0.2, 0.25) is 10.0 Å². The molecule has 0 aliphatic rings. The van der Waals surface area contributed by atoms with Gasteiger partial charge in [0.15, 0.2) is 0 Å². The highest BCUT2D eigenvalue weighted by Crippen LogP contribution is 2.22. The lowest BCUT2D eigenvalue weighted by Crippen LogP contribution is -2.39. The molecule has 2 aromatic carbocycles. The van der Waals surface area contributed by atoms with Gasteiger partial charge in [-0.3, -0.25) is 10.1 Å². The molecule has 2 rings (SSSR count). The summed E-state index contributed by atoms with van der Waals surface area (Å²) in [4.78, 5) is 10.3. The van der Waals surface area contributed by atoms with E-state index in [0.717, 1.165) is 5.56 Å². The maximum atomic E-state index is 13.1. The lowest BCUT2D eigenvalue weighted by Gasteiger charge is -2.27. The Bertz CT molecular complexity index is 942. The first kappa shape index (κ1) is 22.7. The second-order valence-corrected chi connectivity index (χ2v) is 9.33. The molecule has 0 saturated heterocycles. The molecule has 2 N–H and O–H groups in total. The van der Waals surface area contributed by atoms with Crippen molar-refractivity contribution < 1.29 is 13.3 Å². The van der Waals surface area contributed by atoms with Crippen molar-refractivity contribution in [2.24, 2.45) is 11.7 Å². The minimum absolute atomic E-state index is 0.00757. The zero-order valence-corrected chi connectivity index (χ0v) is 17.5. The summed E-state index contributed by atoms with van der Waals surface area (Å²) in [6.45, 7) is 8.24. The average molecular weight is 418 g/mol. The molecule has 0 amide bonds. The fourth-order valence-electron chi connectivity index (χ4n) is 2.90. The molecule has 0 spiro atoms. The number of hydrogen-bond donors (Lipinski definition) is 1. The van der Waals surface area contributed by atoms with Crippen molar-refractivity contribution in [1.82, 2.24) is 4.31 Å². The number of hydrogen-bond acceptors (Lipinski definition) is 5. The van der Waals surface area contributed by atoms with Crippen molar-refractivity contribution in [3.05, 3.63) is 82.4 Å². The molecule has 0 heterocycles. The Balaban J connectivity index is 2.20. The third-order valence-corrected chi connectivity index (χ3v) is 6.28. The summed E-state index contributed by atoms with van der Waals surface area (Å²) in [5.41, 5.74) is 7.77. The number of non-ortho nitro benzene ring substituents is 1. The standard InChI is InChI=1S/C21H27N3O4S/c1-16(2)14-23(15-17(3)21(22)13-18-7-5-4-6-8-18)29(27,28)20-11-9-19(10-12-20)24(25)26/h4-12,16,21H,3,13-15,22H2,1-2H3/t21-/m0/s1. The van der Waals surface area contributed by atoms with Gasteiger partial charge in [-0.15, -0.1) is 0 Å². The van der Waals surface area contributed by atoms with Gasteiger partial charge in [-0.2, -0.15) is 4.31 Å². The Kier molecular flexibility index (Phi) is 7.66. The van der Waals surface area contributed by atoms with E-state index in [1.807, 2.05) is 44.2 Å². The predicted molar refractivity (Wildman–Crippen MR) is 114 cm³/mol. The van der Waals surface area contributed by atoms with Crippen molar-refractivity contribution in [2.45, 2.75) is 31.2 Å². The van der Waals surface area contributed by atoms with E-state index in [-0.39, 0.29) is 35.6 Å². The first-order chi connectivity index (χ1) is 13.6. The van der Waals surface area contributed by atoms with Gasteiger partial charge in [-0.05, 0) is 35.6 Å². The molecule has 0 fully saturated rings. The van der Waals surface area contributed by atoms with Crippen LogP contribution in [-0.2, 0) is 16.4 Å². The van der Waals surface area contributed by atoms with Crippen molar-refractivity contribution in [2.75, 3.05) is 13.1 Å². The molecule has 8 heteroatoms. The molecule has 0 bridgehead atoms. The molecule has 0 aliphatic heterocycles. The Morgan fingerprint density at radius 1 is 1.14 bits per heavy atom. The Morgan fingerprint density at radius 2 is 1.72 bits per heavy atom. The van der Waals surface area contributed by atoms with Crippen LogP contribution in [0.1, 0.15) is 19.4 Å². The molecule has 0 aliphatic carbocycles. The smallest absolute Gasteiger partial charge is 0.269 e. The summed E-state index contributed by atoms with van der Waals surface area (Å²) < 4.78 is 27.6. The topological polar surface area (TPSA) is 107 Å². The maximum absolute atomic E-state index is 13.1. The average Bonchev–Trinajstić information content (AvgIpc) is 2.67. The third kappa shape index (κ3) is 6.22. The van der Waals surface area contributed by atoms with Gasteiger partial charge < -0.3 is 5.73 Å². The van der Waals surface area contributed by atoms with E-state index in [0.29, 0.717) is 12.0 Å². The van der Waals surface area contributed by atoms with E-state index >= 15 is 0 Å². The highest BCUT2D eigenvalue weighted by atomic mass is 32.2. The maximum Gasteiger partial charge on any atom is 0.269 e. The SMILES string of the molecule is C=C(CN(CC(C)C)S(=O)(=O)c1ccc([N+](=O)[O-])cc1)[C@@H](N)Cc1ccccc1. The fourth-order valence-corrected chi connectivity index (χ4v) is 4.51. The van der Waals surface area contributed by atoms with Crippen LogP contribution in [0, 0.1) is 16.0 Å². The van der Waals surface area contributed by atoms with E-state index < -0.39 is 14.9 Å². The van der Waals surface area contributed by atoms with E-state index in [1.165, 1.54) is 28.6 Å². The summed E-state index contributed by atoms with van der Waals surface area (Å²) in [5, 5.41) is 10.8. The van der Waals surface area contributed by atoms with Crippen LogP contribution < -0.4 is 5.73 Å². The molecule has 2 aromatic rings. The summed E-state index contributed by atoms with van der Waals surface area (Å²) in [5.74, 6) is 0.0842. The van der Waals surface area contributed by atoms with E-state index in [4.69, 9.17) is 5.73 Å². The van der Waals surface area contributed by atoms with Crippen molar-refractivity contribution in [3.63, 3.8) is 0 Å². The Labute approximate surface area is 172 Å². The third-order valence-electron chi connectivity index (χ3n) is 4.46. The van der Waals surface area contributed by atoms with E-state index in [1.54, 1.807) is 0 Å². The number of benzene rings is 2. The molecule has 156 valence electrons. The Hall–Kier alpha value is -2.55. The van der Waals surface area contributed by atoms with E-state index in [2.05, 4.69) is 6.58 Å². The van der Waals surface area contributed by atoms with Gasteiger partial charge in [0.25, 0.3) is 5.69 Å². The van der Waals surface area contributed by atoms with Crippen molar-refractivity contribution >= 4 is 15.7 Å². The van der Waals surface area contributed by atoms with Crippen LogP contribution in [0.25, 0.3) is 0 Å². The number of nitrogens with two attached hydrogens (primary N) is 1. The first-order valence-corrected chi connectivity index (χ1v) is 10.8. The zero-order chi connectivity index (χ0) is 21.6. The van der Waals surface area contributed by atoms with Crippen LogP contribution in [0.4, 0.5) is 5.69 Å². The normalized spacial score (nSPS) is 12.9. The Morgan fingerprint density at radius 3 is 2.24 bits per heavy atom. The predicted octanol–water partition coefficient (Wildman–Crippen LogP) is 3.37. The van der Waals surface area contributed by atoms with Gasteiger partial charge in [-0.1, -0.05) is 50.8 Å². The minimum atomic E-state index is -3.85. The van der Waals surface area contributed by atoms with Gasteiger partial charge >= 0.3 is 0 Å². The van der Waals surface area contributed by atoms with Crippen molar-refractivity contribution in [3.8, 4) is 0 Å². The van der Waals surface area contributed by atoms with Crippen LogP contribution in [-0.4, -0.2) is 36.8 Å². The molecule has 29 heavy (non-hydrogen) atoms. The van der Waals surface area contributed by atoms with Crippen LogP contribution >= 0.6 is 0 Å². The number of nitro groups is 1. The second kappa shape index (κ2) is 9.78. The molecule has 0 aromatic heterocycles. The van der Waals surface area contributed by atoms with E-state index in [9.17, 15) is 18.5 Å². The molecule has 0 radical (unpaired) electrons. The van der Waals surface area contributed by atoms with Gasteiger partial charge in [0.05, 0.1) is 9.82 Å². The van der Waals surface area contributed by atoms with Crippen molar-refractivity contribution in [1.29, 1.82) is 0 Å². The van der Waals surface area contributed by atoms with Gasteiger partial charge in [0, 0.05) is 31.3 Å². The molecule has 0 unspecified atom stereocenters. The van der Waals surface area contributed by atoms with Crippen LogP contribution in [0.15, 0.2) is 71.6 Å². The molecular weight excluding hydrogens is 390 g/mol. The number of rotatable bonds is 10. The number of nitrogens with zero attached hydrogens (tertiary/aromatic N) is 2. The number of sulfonamides is 1. The minimum Gasteiger partial charge on any atom is -0.324 e. The van der Waals surface area contributed by atoms with Crippen LogP contribution in [0.5, 0.6) is 0 Å². The molecule has 7 nitrogen and oxygen atoms in total. The lowest BCUT2D eigenvalue weighted by atomic mass is 10.0. The largest absolute Gasteiger partial charge is 0.324 e. The monoisotopic (exact) mass is 417 g/mol. The highest BCUT2D eigenvalue weighted by molar-refractivity contribution is 7.89.